The van der Waals surface area contributed by atoms with Crippen LogP contribution in [0.1, 0.15) is 47.1 Å². The number of nitrogens with zero attached hydrogens (tertiary/aromatic N) is 2. The summed E-state index contributed by atoms with van der Waals surface area (Å²) in [6, 6.07) is 20.1. The van der Waals surface area contributed by atoms with Gasteiger partial charge in [0.15, 0.2) is 0 Å². The van der Waals surface area contributed by atoms with E-state index in [1.807, 2.05) is 57.2 Å². The zero-order chi connectivity index (χ0) is 20.0. The number of carbonyl (C=O) groups is 1. The molecule has 2 aromatic carbocycles. The SMILES string of the molecule is CC(C)(C)OC(=O)NC(Cc1ccccc1)c1nnc(Cc2ccccc2)[se]1. The second kappa shape index (κ2) is 9.18. The molecule has 1 N–H and O–H groups in total. The third-order valence-electron chi connectivity index (χ3n) is 3.95. The van der Waals surface area contributed by atoms with Crippen molar-refractivity contribution < 1.29 is 9.53 Å². The van der Waals surface area contributed by atoms with Gasteiger partial charge < -0.3 is 0 Å². The number of hydrogen-bond acceptors (Lipinski definition) is 4. The van der Waals surface area contributed by atoms with Gasteiger partial charge in [-0.25, -0.2) is 0 Å². The third kappa shape index (κ3) is 6.32. The number of nitrogens with one attached hydrogen (secondary N) is 1. The van der Waals surface area contributed by atoms with Gasteiger partial charge in [0.2, 0.25) is 0 Å². The zero-order valence-corrected chi connectivity index (χ0v) is 18.1. The van der Waals surface area contributed by atoms with Gasteiger partial charge in [-0.1, -0.05) is 0 Å². The summed E-state index contributed by atoms with van der Waals surface area (Å²) in [5, 5.41) is 11.8. The molecule has 0 saturated heterocycles. The first-order chi connectivity index (χ1) is 13.4. The Morgan fingerprint density at radius 2 is 1.61 bits per heavy atom. The van der Waals surface area contributed by atoms with E-state index in [0.29, 0.717) is 6.42 Å². The van der Waals surface area contributed by atoms with Crippen molar-refractivity contribution in [1.29, 1.82) is 0 Å². The van der Waals surface area contributed by atoms with Crippen LogP contribution in [0.5, 0.6) is 0 Å². The Morgan fingerprint density at radius 1 is 1.00 bits per heavy atom. The summed E-state index contributed by atoms with van der Waals surface area (Å²) in [7, 11) is 0. The molecule has 3 rings (SSSR count). The monoisotopic (exact) mass is 443 g/mol. The van der Waals surface area contributed by atoms with Gasteiger partial charge in [0.05, 0.1) is 0 Å². The molecule has 146 valence electrons. The molecule has 0 spiro atoms. The molecule has 28 heavy (non-hydrogen) atoms. The summed E-state index contributed by atoms with van der Waals surface area (Å²) in [6.07, 6.45) is 1.02. The Morgan fingerprint density at radius 3 is 2.21 bits per heavy atom. The standard InChI is InChI=1S/C22H25N3O2Se/c1-22(2,3)27-21(26)23-18(14-16-10-6-4-7-11-16)20-25-24-19(28-20)15-17-12-8-5-9-13-17/h4-13,18H,14-15H2,1-3H3,(H,23,26). The number of carbonyl (C=O) groups excluding carboxylic acids is 1. The van der Waals surface area contributed by atoms with E-state index in [1.165, 1.54) is 5.56 Å². The molecular formula is C22H25N3O2Se. The Hall–Kier alpha value is -2.43. The first kappa shape index (κ1) is 20.3. The van der Waals surface area contributed by atoms with Crippen LogP contribution >= 0.6 is 0 Å². The molecule has 3 aromatic rings. The Balaban J connectivity index is 1.77. The minimum atomic E-state index is -0.543. The predicted octanol–water partition coefficient (Wildman–Crippen LogP) is 3.93. The average molecular weight is 442 g/mol. The number of alkyl carbamates (subject to hydrolysis) is 1. The quantitative estimate of drug-likeness (QED) is 0.588. The fourth-order valence-corrected chi connectivity index (χ4v) is 4.70. The molecular weight excluding hydrogens is 417 g/mol. The summed E-state index contributed by atoms with van der Waals surface area (Å²) < 4.78 is 7.44. The van der Waals surface area contributed by atoms with E-state index in [-0.39, 0.29) is 20.5 Å². The van der Waals surface area contributed by atoms with Crippen LogP contribution in [0.25, 0.3) is 0 Å². The molecule has 0 saturated carbocycles. The maximum atomic E-state index is 12.4. The molecule has 0 aliphatic heterocycles. The van der Waals surface area contributed by atoms with Crippen molar-refractivity contribution in [3.05, 3.63) is 80.9 Å². The number of amides is 1. The zero-order valence-electron chi connectivity index (χ0n) is 16.4. The number of rotatable bonds is 6. The molecule has 1 unspecified atom stereocenters. The van der Waals surface area contributed by atoms with Crippen LogP contribution in [-0.2, 0) is 17.6 Å². The fraction of sp³-hybridized carbons (Fsp3) is 0.318. The molecule has 0 radical (unpaired) electrons. The van der Waals surface area contributed by atoms with Crippen LogP contribution < -0.4 is 5.32 Å². The molecule has 0 bridgehead atoms. The molecule has 1 atom stereocenters. The fourth-order valence-electron chi connectivity index (χ4n) is 2.75. The summed E-state index contributed by atoms with van der Waals surface area (Å²) in [6.45, 7) is 5.57. The predicted molar refractivity (Wildman–Crippen MR) is 110 cm³/mol. The molecule has 0 aliphatic rings. The summed E-state index contributed by atoms with van der Waals surface area (Å²) in [4.78, 5) is 12.4. The van der Waals surface area contributed by atoms with Gasteiger partial charge in [-0.2, -0.15) is 0 Å². The molecule has 0 fully saturated rings. The molecule has 5 nitrogen and oxygen atoms in total. The van der Waals surface area contributed by atoms with Gasteiger partial charge in [0.1, 0.15) is 0 Å². The van der Waals surface area contributed by atoms with E-state index in [0.717, 1.165) is 21.1 Å². The van der Waals surface area contributed by atoms with Gasteiger partial charge in [0, 0.05) is 0 Å². The average Bonchev–Trinajstić information content (AvgIpc) is 3.10. The van der Waals surface area contributed by atoms with Gasteiger partial charge in [-0.15, -0.1) is 0 Å². The molecule has 6 heteroatoms. The van der Waals surface area contributed by atoms with Gasteiger partial charge in [-0.05, 0) is 0 Å². The van der Waals surface area contributed by atoms with Crippen molar-refractivity contribution in [1.82, 2.24) is 15.5 Å². The maximum absolute atomic E-state index is 12.4. The van der Waals surface area contributed by atoms with Crippen molar-refractivity contribution in [3.8, 4) is 0 Å². The van der Waals surface area contributed by atoms with Crippen LogP contribution in [-0.4, -0.2) is 36.4 Å². The Labute approximate surface area is 171 Å². The molecule has 0 aliphatic carbocycles. The third-order valence-corrected chi connectivity index (χ3v) is 6.13. The summed E-state index contributed by atoms with van der Waals surface area (Å²) in [5.74, 6) is 0. The van der Waals surface area contributed by atoms with E-state index in [1.54, 1.807) is 0 Å². The van der Waals surface area contributed by atoms with Crippen LogP contribution in [0, 0.1) is 0 Å². The number of ether oxygens (including phenoxy) is 1. The van der Waals surface area contributed by atoms with Crippen molar-refractivity contribution in [2.75, 3.05) is 0 Å². The van der Waals surface area contributed by atoms with Crippen LogP contribution in [0.2, 0.25) is 0 Å². The number of aromatic nitrogens is 2. The first-order valence-electron chi connectivity index (χ1n) is 9.29. The van der Waals surface area contributed by atoms with Crippen LogP contribution in [0.3, 0.4) is 0 Å². The van der Waals surface area contributed by atoms with E-state index < -0.39 is 11.7 Å². The Bertz CT molecular complexity index is 889. The van der Waals surface area contributed by atoms with Gasteiger partial charge >= 0.3 is 172 Å². The van der Waals surface area contributed by atoms with Crippen molar-refractivity contribution >= 4 is 20.6 Å². The van der Waals surface area contributed by atoms with Crippen LogP contribution in [0.15, 0.2) is 60.7 Å². The van der Waals surface area contributed by atoms with E-state index in [4.69, 9.17) is 4.74 Å². The normalized spacial score (nSPS) is 12.4. The number of hydrogen-bond donors (Lipinski definition) is 1. The number of benzene rings is 2. The molecule has 1 heterocycles. The van der Waals surface area contributed by atoms with E-state index in [9.17, 15) is 4.79 Å². The van der Waals surface area contributed by atoms with Gasteiger partial charge in [0.25, 0.3) is 0 Å². The Kier molecular flexibility index (Phi) is 6.65. The molecule has 1 amide bonds. The van der Waals surface area contributed by atoms with Crippen LogP contribution in [0.4, 0.5) is 4.79 Å². The second-order valence-electron chi connectivity index (χ2n) is 7.58. The summed E-state index contributed by atoms with van der Waals surface area (Å²) in [5.41, 5.74) is 1.82. The minimum absolute atomic E-state index is 0.00427. The van der Waals surface area contributed by atoms with Crippen molar-refractivity contribution in [2.45, 2.75) is 45.3 Å². The van der Waals surface area contributed by atoms with Gasteiger partial charge in [-0.3, -0.25) is 0 Å². The van der Waals surface area contributed by atoms with Crippen molar-refractivity contribution in [3.63, 3.8) is 0 Å². The van der Waals surface area contributed by atoms with Crippen molar-refractivity contribution in [2.24, 2.45) is 0 Å². The second-order valence-corrected chi connectivity index (χ2v) is 9.88. The summed E-state index contributed by atoms with van der Waals surface area (Å²) >= 11 is 0.00427. The van der Waals surface area contributed by atoms with E-state index >= 15 is 0 Å². The molecule has 1 aromatic heterocycles. The first-order valence-corrected chi connectivity index (χ1v) is 11.0. The topological polar surface area (TPSA) is 64.1 Å². The van der Waals surface area contributed by atoms with E-state index in [2.05, 4.69) is 39.8 Å².